The minimum atomic E-state index is 0.806. The highest BCUT2D eigenvalue weighted by Gasteiger charge is 2.31. The second-order valence-electron chi connectivity index (χ2n) is 22.2. The Kier molecular flexibility index (Phi) is 10.5. The zero-order valence-corrected chi connectivity index (χ0v) is 46.3. The molecule has 17 aromatic rings. The molecular formula is C78H48N8. The zero-order chi connectivity index (χ0) is 56.4. The van der Waals surface area contributed by atoms with E-state index in [9.17, 15) is 0 Å². The molecule has 18 rings (SSSR count). The molecule has 0 spiro atoms. The number of fused-ring (bicyclic) bond motifs is 11. The number of hydrogen-bond donors (Lipinski definition) is 0. The highest BCUT2D eigenvalue weighted by Crippen LogP contribution is 2.54. The smallest absolute Gasteiger partial charge is 0.138 e. The molecule has 8 heteroatoms. The van der Waals surface area contributed by atoms with Gasteiger partial charge in [-0.2, -0.15) is 0 Å². The highest BCUT2D eigenvalue weighted by molar-refractivity contribution is 6.21. The molecule has 10 aromatic carbocycles. The lowest BCUT2D eigenvalue weighted by Crippen LogP contribution is -2.17. The SMILES string of the molecule is c1ccc(-n2c3ccccc3c3cc(-c4cccc(N5c6cc7c(cc6-c6ccc(-c8ccccn8)c8cccc5c68)c5cc(-c6ccccn6)ccc5n7-c5cccc(-c6ccc7c(c6)c6ccccc6n7-c6ccccc6)n5)n4)ccc32)cc1. The van der Waals surface area contributed by atoms with Crippen LogP contribution in [-0.2, 0) is 0 Å². The van der Waals surface area contributed by atoms with Gasteiger partial charge in [-0.3, -0.25) is 19.4 Å². The zero-order valence-electron chi connectivity index (χ0n) is 46.3. The summed E-state index contributed by atoms with van der Waals surface area (Å²) in [7, 11) is 0. The predicted octanol–water partition coefficient (Wildman–Crippen LogP) is 19.8. The number of aromatic nitrogens is 7. The Morgan fingerprint density at radius 3 is 1.33 bits per heavy atom. The maximum absolute atomic E-state index is 5.69. The molecule has 8 nitrogen and oxygen atoms in total. The quantitative estimate of drug-likeness (QED) is 0.152. The maximum atomic E-state index is 5.69. The summed E-state index contributed by atoms with van der Waals surface area (Å²) in [5, 5.41) is 9.21. The van der Waals surface area contributed by atoms with Crippen LogP contribution in [0.15, 0.2) is 291 Å². The molecule has 0 unspecified atom stereocenters. The van der Waals surface area contributed by atoms with Crippen LogP contribution in [-0.4, -0.2) is 33.6 Å². The van der Waals surface area contributed by atoms with Crippen molar-refractivity contribution >= 4 is 93.4 Å². The molecule has 7 aromatic heterocycles. The van der Waals surface area contributed by atoms with Gasteiger partial charge in [0, 0.05) is 89.3 Å². The summed E-state index contributed by atoms with van der Waals surface area (Å²) >= 11 is 0. The van der Waals surface area contributed by atoms with E-state index in [1.165, 1.54) is 27.1 Å². The van der Waals surface area contributed by atoms with E-state index in [2.05, 4.69) is 286 Å². The van der Waals surface area contributed by atoms with Crippen molar-refractivity contribution in [3.05, 3.63) is 291 Å². The Morgan fingerprint density at radius 2 is 0.709 bits per heavy atom. The van der Waals surface area contributed by atoms with E-state index >= 15 is 0 Å². The third-order valence-electron chi connectivity index (χ3n) is 17.5. The van der Waals surface area contributed by atoms with E-state index in [-0.39, 0.29) is 0 Å². The first-order valence-electron chi connectivity index (χ1n) is 29.1. The van der Waals surface area contributed by atoms with E-state index in [0.29, 0.717) is 0 Å². The highest BCUT2D eigenvalue weighted by atomic mass is 15.2. The van der Waals surface area contributed by atoms with Crippen LogP contribution in [0, 0.1) is 0 Å². The van der Waals surface area contributed by atoms with Crippen LogP contribution in [0.1, 0.15) is 0 Å². The molecular weight excluding hydrogens is 1050 g/mol. The topological polar surface area (TPSA) is 69.6 Å². The molecule has 8 heterocycles. The number of para-hydroxylation sites is 4. The van der Waals surface area contributed by atoms with Crippen LogP contribution in [0.3, 0.4) is 0 Å². The Bertz CT molecular complexity index is 5590. The number of anilines is 3. The Balaban J connectivity index is 0.860. The molecule has 400 valence electrons. The average molecular weight is 1100 g/mol. The van der Waals surface area contributed by atoms with E-state index in [1.54, 1.807) is 0 Å². The molecule has 0 amide bonds. The van der Waals surface area contributed by atoms with Crippen LogP contribution in [0.25, 0.3) is 150 Å². The van der Waals surface area contributed by atoms with E-state index in [4.69, 9.17) is 19.9 Å². The Morgan fingerprint density at radius 1 is 0.244 bits per heavy atom. The van der Waals surface area contributed by atoms with Crippen molar-refractivity contribution in [1.29, 1.82) is 0 Å². The van der Waals surface area contributed by atoms with Crippen molar-refractivity contribution in [2.75, 3.05) is 4.90 Å². The molecule has 0 fully saturated rings. The van der Waals surface area contributed by atoms with Gasteiger partial charge in [0.2, 0.25) is 0 Å². The van der Waals surface area contributed by atoms with Crippen LogP contribution in [0.5, 0.6) is 0 Å². The van der Waals surface area contributed by atoms with Gasteiger partial charge in [0.25, 0.3) is 0 Å². The summed E-state index contributed by atoms with van der Waals surface area (Å²) in [5.74, 6) is 1.62. The third kappa shape index (κ3) is 7.30. The van der Waals surface area contributed by atoms with Crippen LogP contribution >= 0.6 is 0 Å². The summed E-state index contributed by atoms with van der Waals surface area (Å²) in [6.07, 6.45) is 3.74. The van der Waals surface area contributed by atoms with Crippen molar-refractivity contribution in [3.8, 4) is 73.3 Å². The maximum Gasteiger partial charge on any atom is 0.138 e. The van der Waals surface area contributed by atoms with E-state index < -0.39 is 0 Å². The van der Waals surface area contributed by atoms with E-state index in [0.717, 1.165) is 140 Å². The summed E-state index contributed by atoms with van der Waals surface area (Å²) < 4.78 is 7.06. The lowest BCUT2D eigenvalue weighted by atomic mass is 9.87. The largest absolute Gasteiger partial charge is 0.309 e. The molecule has 0 N–H and O–H groups in total. The van der Waals surface area contributed by atoms with Crippen LogP contribution < -0.4 is 4.90 Å². The summed E-state index contributed by atoms with van der Waals surface area (Å²) in [4.78, 5) is 23.4. The molecule has 0 saturated heterocycles. The summed E-state index contributed by atoms with van der Waals surface area (Å²) in [6.45, 7) is 0. The van der Waals surface area contributed by atoms with Crippen molar-refractivity contribution in [1.82, 2.24) is 33.6 Å². The first-order chi connectivity index (χ1) is 42.7. The first kappa shape index (κ1) is 47.9. The van der Waals surface area contributed by atoms with Gasteiger partial charge >= 0.3 is 0 Å². The molecule has 1 aliphatic rings. The molecule has 0 atom stereocenters. The standard InChI is InChI=1S/C78H48N8/c1-3-18-52(19-4-1)83-68-29-9-7-22-55(68)59-45-50(35-39-70(59)83)65-27-16-32-76(81-65)85-72-41-34-49(64-25-11-13-42-79-64)44-61(72)63-47-62-58-38-37-54(67-26-12-14-43-80-67)57-24-15-31-73(78(57)58)86(74(62)48-75(63)85)77-33-17-28-66(82-77)51-36-40-71-60(46-51)56-23-8-10-30-69(56)84(71)53-20-5-2-6-21-53/h1-48H. The molecule has 1 aliphatic heterocycles. The predicted molar refractivity (Wildman–Crippen MR) is 354 cm³/mol. The molecule has 0 aliphatic carbocycles. The second-order valence-corrected chi connectivity index (χ2v) is 22.2. The van der Waals surface area contributed by atoms with Crippen molar-refractivity contribution < 1.29 is 0 Å². The second kappa shape index (κ2) is 18.9. The number of rotatable bonds is 8. The van der Waals surface area contributed by atoms with Crippen molar-refractivity contribution in [2.24, 2.45) is 0 Å². The van der Waals surface area contributed by atoms with Gasteiger partial charge in [0.1, 0.15) is 11.6 Å². The molecule has 0 radical (unpaired) electrons. The van der Waals surface area contributed by atoms with Crippen LogP contribution in [0.2, 0.25) is 0 Å². The summed E-state index contributed by atoms with van der Waals surface area (Å²) in [6, 6.07) is 99.9. The lowest BCUT2D eigenvalue weighted by Gasteiger charge is -2.33. The van der Waals surface area contributed by atoms with Crippen LogP contribution in [0.4, 0.5) is 17.2 Å². The lowest BCUT2D eigenvalue weighted by molar-refractivity contribution is 1.08. The molecule has 0 bridgehead atoms. The van der Waals surface area contributed by atoms with Gasteiger partial charge in [-0.15, -0.1) is 0 Å². The molecule has 86 heavy (non-hydrogen) atoms. The fourth-order valence-corrected chi connectivity index (χ4v) is 13.7. The molecule has 0 saturated carbocycles. The third-order valence-corrected chi connectivity index (χ3v) is 17.5. The minimum Gasteiger partial charge on any atom is -0.309 e. The minimum absolute atomic E-state index is 0.806. The average Bonchev–Trinajstić information content (AvgIpc) is 1.44. The fraction of sp³-hybridized carbons (Fsp3) is 0. The first-order valence-corrected chi connectivity index (χ1v) is 29.1. The van der Waals surface area contributed by atoms with Crippen molar-refractivity contribution in [2.45, 2.75) is 0 Å². The monoisotopic (exact) mass is 1100 g/mol. The van der Waals surface area contributed by atoms with Crippen molar-refractivity contribution in [3.63, 3.8) is 0 Å². The van der Waals surface area contributed by atoms with Gasteiger partial charge in [0.15, 0.2) is 0 Å². The fourth-order valence-electron chi connectivity index (χ4n) is 13.7. The van der Waals surface area contributed by atoms with Gasteiger partial charge < -0.3 is 9.13 Å². The number of benzene rings is 10. The number of pyridine rings is 4. The van der Waals surface area contributed by atoms with E-state index in [1.807, 2.05) is 24.5 Å². The normalized spacial score (nSPS) is 12.2. The van der Waals surface area contributed by atoms with Gasteiger partial charge in [0.05, 0.1) is 67.3 Å². The van der Waals surface area contributed by atoms with Gasteiger partial charge in [-0.25, -0.2) is 9.97 Å². The van der Waals surface area contributed by atoms with Gasteiger partial charge in [-0.05, 0) is 150 Å². The number of hydrogen-bond acceptors (Lipinski definition) is 5. The number of nitrogens with zero attached hydrogens (tertiary/aromatic N) is 8. The summed E-state index contributed by atoms with van der Waals surface area (Å²) in [5.41, 5.74) is 21.0. The Labute approximate surface area is 494 Å². The van der Waals surface area contributed by atoms with Gasteiger partial charge in [-0.1, -0.05) is 140 Å². The Hall–Kier alpha value is -11.7.